The maximum absolute atomic E-state index is 14.3. The summed E-state index contributed by atoms with van der Waals surface area (Å²) in [5.74, 6) is -0.268. The van der Waals surface area contributed by atoms with Crippen LogP contribution in [0.25, 0.3) is 0 Å². The van der Waals surface area contributed by atoms with Crippen LogP contribution in [0.1, 0.15) is 37.3 Å². The molecule has 2 aromatic rings. The molecule has 1 saturated heterocycles. The van der Waals surface area contributed by atoms with Crippen molar-refractivity contribution >= 4 is 17.5 Å². The highest BCUT2D eigenvalue weighted by atomic mass is 32.2. The summed E-state index contributed by atoms with van der Waals surface area (Å²) in [6, 6.07) is 12.8. The highest BCUT2D eigenvalue weighted by Gasteiger charge is 2.35. The summed E-state index contributed by atoms with van der Waals surface area (Å²) in [6.07, 6.45) is 2.08. The van der Waals surface area contributed by atoms with Crippen molar-refractivity contribution in [1.82, 2.24) is 0 Å². The summed E-state index contributed by atoms with van der Waals surface area (Å²) in [5, 5.41) is 12.4. The standard InChI is InChI=1S/C21H24FNO3S/c1-3-20(23-24)15-4-6-18(7-5-15)27-19-13-16(12-17(22)14-19)21(25-2)8-10-26-11-9-21/h4-7,12-14,24H,3,8-11H2,1-2H3. The predicted molar refractivity (Wildman–Crippen MR) is 104 cm³/mol. The normalized spacial score (nSPS) is 17.1. The summed E-state index contributed by atoms with van der Waals surface area (Å²) in [6.45, 7) is 3.16. The molecule has 0 radical (unpaired) electrons. The summed E-state index contributed by atoms with van der Waals surface area (Å²) >= 11 is 1.50. The van der Waals surface area contributed by atoms with Crippen LogP contribution in [-0.2, 0) is 15.1 Å². The molecule has 0 aromatic heterocycles. The number of rotatable bonds is 6. The lowest BCUT2D eigenvalue weighted by Gasteiger charge is -2.36. The van der Waals surface area contributed by atoms with E-state index in [1.165, 1.54) is 17.8 Å². The van der Waals surface area contributed by atoms with Gasteiger partial charge in [-0.2, -0.15) is 0 Å². The highest BCUT2D eigenvalue weighted by Crippen LogP contribution is 2.38. The molecule has 3 rings (SSSR count). The Morgan fingerprint density at radius 2 is 1.89 bits per heavy atom. The molecule has 1 heterocycles. The number of methoxy groups -OCH3 is 1. The number of ether oxygens (including phenoxy) is 2. The van der Waals surface area contributed by atoms with Crippen LogP contribution in [0.15, 0.2) is 57.4 Å². The number of hydrogen-bond donors (Lipinski definition) is 1. The van der Waals surface area contributed by atoms with Crippen LogP contribution in [0.5, 0.6) is 0 Å². The summed E-state index contributed by atoms with van der Waals surface area (Å²) in [4.78, 5) is 1.81. The van der Waals surface area contributed by atoms with E-state index < -0.39 is 5.60 Å². The van der Waals surface area contributed by atoms with E-state index in [4.69, 9.17) is 14.7 Å². The van der Waals surface area contributed by atoms with E-state index in [0.717, 1.165) is 20.9 Å². The zero-order valence-electron chi connectivity index (χ0n) is 15.6. The third-order valence-electron chi connectivity index (χ3n) is 4.97. The highest BCUT2D eigenvalue weighted by molar-refractivity contribution is 7.99. The van der Waals surface area contributed by atoms with E-state index >= 15 is 0 Å². The molecule has 6 heteroatoms. The van der Waals surface area contributed by atoms with Gasteiger partial charge in [0.15, 0.2) is 0 Å². The van der Waals surface area contributed by atoms with Gasteiger partial charge >= 0.3 is 0 Å². The molecule has 0 amide bonds. The van der Waals surface area contributed by atoms with E-state index in [-0.39, 0.29) is 5.82 Å². The molecule has 0 bridgehead atoms. The molecule has 1 aliphatic rings. The van der Waals surface area contributed by atoms with Gasteiger partial charge in [-0.3, -0.25) is 0 Å². The van der Waals surface area contributed by atoms with Crippen molar-refractivity contribution in [3.8, 4) is 0 Å². The first-order valence-corrected chi connectivity index (χ1v) is 9.85. The van der Waals surface area contributed by atoms with Crippen molar-refractivity contribution in [1.29, 1.82) is 0 Å². The smallest absolute Gasteiger partial charge is 0.124 e. The average Bonchev–Trinajstić information content (AvgIpc) is 2.70. The van der Waals surface area contributed by atoms with Crippen LogP contribution in [0, 0.1) is 5.82 Å². The molecule has 144 valence electrons. The molecule has 0 saturated carbocycles. The lowest BCUT2D eigenvalue weighted by Crippen LogP contribution is -2.35. The van der Waals surface area contributed by atoms with E-state index in [1.54, 1.807) is 13.2 Å². The molecule has 1 fully saturated rings. The second kappa shape index (κ2) is 8.87. The summed E-state index contributed by atoms with van der Waals surface area (Å²) < 4.78 is 25.6. The Hall–Kier alpha value is -1.89. The SMILES string of the molecule is CCC(=NO)c1ccc(Sc2cc(F)cc(C3(OC)CCOCC3)c2)cc1. The van der Waals surface area contributed by atoms with Gasteiger partial charge in [0.05, 0.1) is 11.3 Å². The van der Waals surface area contributed by atoms with Gasteiger partial charge in [0.1, 0.15) is 5.82 Å². The van der Waals surface area contributed by atoms with E-state index in [0.29, 0.717) is 38.2 Å². The molecule has 2 aromatic carbocycles. The molecular weight excluding hydrogens is 365 g/mol. The molecule has 0 atom stereocenters. The third kappa shape index (κ3) is 4.51. The first-order chi connectivity index (χ1) is 13.1. The molecule has 1 aliphatic heterocycles. The van der Waals surface area contributed by atoms with Crippen molar-refractivity contribution in [2.24, 2.45) is 5.16 Å². The van der Waals surface area contributed by atoms with Gasteiger partial charge in [-0.05, 0) is 47.9 Å². The third-order valence-corrected chi connectivity index (χ3v) is 5.95. The number of hydrogen-bond acceptors (Lipinski definition) is 5. The van der Waals surface area contributed by atoms with Crippen LogP contribution in [0.2, 0.25) is 0 Å². The predicted octanol–water partition coefficient (Wildman–Crippen LogP) is 5.22. The zero-order chi connectivity index (χ0) is 19.3. The minimum atomic E-state index is -0.493. The van der Waals surface area contributed by atoms with E-state index in [9.17, 15) is 4.39 Å². The Morgan fingerprint density at radius 3 is 2.48 bits per heavy atom. The Morgan fingerprint density at radius 1 is 1.19 bits per heavy atom. The lowest BCUT2D eigenvalue weighted by molar-refractivity contribution is -0.0950. The Kier molecular flexibility index (Phi) is 6.52. The van der Waals surface area contributed by atoms with Crippen LogP contribution in [-0.4, -0.2) is 31.2 Å². The molecule has 0 aliphatic carbocycles. The fraction of sp³-hybridized carbons (Fsp3) is 0.381. The first kappa shape index (κ1) is 19.9. The minimum Gasteiger partial charge on any atom is -0.411 e. The van der Waals surface area contributed by atoms with Crippen LogP contribution < -0.4 is 0 Å². The summed E-state index contributed by atoms with van der Waals surface area (Å²) in [7, 11) is 1.68. The molecule has 0 spiro atoms. The number of oxime groups is 1. The second-order valence-corrected chi connectivity index (χ2v) is 7.66. The Bertz CT molecular complexity index is 802. The molecular formula is C21H24FNO3S. The van der Waals surface area contributed by atoms with Crippen LogP contribution >= 0.6 is 11.8 Å². The van der Waals surface area contributed by atoms with Gasteiger partial charge in [-0.25, -0.2) is 4.39 Å². The number of benzene rings is 2. The minimum absolute atomic E-state index is 0.268. The fourth-order valence-corrected chi connectivity index (χ4v) is 4.28. The maximum atomic E-state index is 14.3. The van der Waals surface area contributed by atoms with Crippen LogP contribution in [0.3, 0.4) is 0 Å². The topological polar surface area (TPSA) is 51.1 Å². The van der Waals surface area contributed by atoms with Gasteiger partial charge in [0.2, 0.25) is 0 Å². The van der Waals surface area contributed by atoms with Gasteiger partial charge in [-0.15, -0.1) is 0 Å². The van der Waals surface area contributed by atoms with Crippen molar-refractivity contribution in [2.45, 2.75) is 41.6 Å². The summed E-state index contributed by atoms with van der Waals surface area (Å²) in [5.41, 5.74) is 1.88. The first-order valence-electron chi connectivity index (χ1n) is 9.03. The van der Waals surface area contributed by atoms with Gasteiger partial charge < -0.3 is 14.7 Å². The molecule has 4 nitrogen and oxygen atoms in total. The molecule has 0 unspecified atom stereocenters. The van der Waals surface area contributed by atoms with E-state index in [1.807, 2.05) is 37.3 Å². The van der Waals surface area contributed by atoms with E-state index in [2.05, 4.69) is 5.16 Å². The molecule has 1 N–H and O–H groups in total. The number of nitrogens with zero attached hydrogens (tertiary/aromatic N) is 1. The van der Waals surface area contributed by atoms with Crippen molar-refractivity contribution < 1.29 is 19.1 Å². The quantitative estimate of drug-likeness (QED) is 0.418. The monoisotopic (exact) mass is 389 g/mol. The second-order valence-electron chi connectivity index (χ2n) is 6.51. The average molecular weight is 389 g/mol. The van der Waals surface area contributed by atoms with Gasteiger partial charge in [0, 0.05) is 43.0 Å². The zero-order valence-corrected chi connectivity index (χ0v) is 16.4. The Labute approximate surface area is 163 Å². The Balaban J connectivity index is 1.84. The van der Waals surface area contributed by atoms with Crippen molar-refractivity contribution in [2.75, 3.05) is 20.3 Å². The maximum Gasteiger partial charge on any atom is 0.124 e. The number of halogens is 1. The van der Waals surface area contributed by atoms with Gasteiger partial charge in [0.25, 0.3) is 0 Å². The van der Waals surface area contributed by atoms with Crippen molar-refractivity contribution in [3.05, 3.63) is 59.4 Å². The van der Waals surface area contributed by atoms with Gasteiger partial charge in [-0.1, -0.05) is 36.0 Å². The fourth-order valence-electron chi connectivity index (χ4n) is 3.38. The molecule has 27 heavy (non-hydrogen) atoms. The largest absolute Gasteiger partial charge is 0.411 e. The van der Waals surface area contributed by atoms with Crippen LogP contribution in [0.4, 0.5) is 4.39 Å². The lowest BCUT2D eigenvalue weighted by atomic mass is 9.86. The van der Waals surface area contributed by atoms with Crippen molar-refractivity contribution in [3.63, 3.8) is 0 Å².